The molecule has 1 aromatic carbocycles. The molecular formula is C13H16ClFN2O. The maximum absolute atomic E-state index is 13.6. The van der Waals surface area contributed by atoms with Crippen molar-refractivity contribution in [3.63, 3.8) is 0 Å². The lowest BCUT2D eigenvalue weighted by molar-refractivity contribution is 0.244. The highest BCUT2D eigenvalue weighted by molar-refractivity contribution is 6.31. The van der Waals surface area contributed by atoms with E-state index >= 15 is 0 Å². The van der Waals surface area contributed by atoms with E-state index in [1.807, 2.05) is 0 Å². The van der Waals surface area contributed by atoms with E-state index in [-0.39, 0.29) is 22.8 Å². The average Bonchev–Trinajstić information content (AvgIpc) is 2.36. The van der Waals surface area contributed by atoms with Gasteiger partial charge in [-0.3, -0.25) is 0 Å². The van der Waals surface area contributed by atoms with Gasteiger partial charge in [-0.15, -0.1) is 0 Å². The van der Waals surface area contributed by atoms with Crippen LogP contribution < -0.4 is 10.6 Å². The minimum absolute atomic E-state index is 0.00506. The summed E-state index contributed by atoms with van der Waals surface area (Å²) in [5, 5.41) is 5.35. The second kappa shape index (κ2) is 6.05. The monoisotopic (exact) mass is 270 g/mol. The van der Waals surface area contributed by atoms with Gasteiger partial charge in [0.05, 0.1) is 10.7 Å². The van der Waals surface area contributed by atoms with Gasteiger partial charge >= 0.3 is 6.03 Å². The van der Waals surface area contributed by atoms with Crippen LogP contribution in [0.3, 0.4) is 0 Å². The first-order valence-electron chi connectivity index (χ1n) is 6.18. The molecule has 18 heavy (non-hydrogen) atoms. The van der Waals surface area contributed by atoms with Gasteiger partial charge in [0.1, 0.15) is 0 Å². The fourth-order valence-corrected chi connectivity index (χ4v) is 2.37. The van der Waals surface area contributed by atoms with E-state index in [9.17, 15) is 9.18 Å². The van der Waals surface area contributed by atoms with Crippen LogP contribution in [0.2, 0.25) is 5.02 Å². The molecule has 2 amide bonds. The average molecular weight is 271 g/mol. The summed E-state index contributed by atoms with van der Waals surface area (Å²) in [6.07, 6.45) is 5.48. The lowest BCUT2D eigenvalue weighted by atomic mass is 9.96. The molecule has 0 spiro atoms. The Morgan fingerprint density at radius 3 is 2.72 bits per heavy atom. The third-order valence-electron chi connectivity index (χ3n) is 3.14. The van der Waals surface area contributed by atoms with E-state index in [1.54, 1.807) is 6.07 Å². The third-order valence-corrected chi connectivity index (χ3v) is 3.43. The van der Waals surface area contributed by atoms with Crippen LogP contribution >= 0.6 is 11.6 Å². The zero-order valence-corrected chi connectivity index (χ0v) is 10.8. The number of benzene rings is 1. The van der Waals surface area contributed by atoms with Gasteiger partial charge in [0.25, 0.3) is 0 Å². The molecule has 0 atom stereocenters. The van der Waals surface area contributed by atoms with Crippen LogP contribution in [0.4, 0.5) is 14.9 Å². The summed E-state index contributed by atoms with van der Waals surface area (Å²) in [6.45, 7) is 0. The lowest BCUT2D eigenvalue weighted by Gasteiger charge is -2.22. The number of carbonyl (C=O) groups is 1. The molecule has 1 aliphatic carbocycles. The highest BCUT2D eigenvalue weighted by Crippen LogP contribution is 2.22. The van der Waals surface area contributed by atoms with E-state index in [0.29, 0.717) is 0 Å². The van der Waals surface area contributed by atoms with Crippen LogP contribution in [0.25, 0.3) is 0 Å². The number of carbonyl (C=O) groups excluding carboxylic acids is 1. The zero-order valence-electron chi connectivity index (χ0n) is 10.0. The summed E-state index contributed by atoms with van der Waals surface area (Å²) >= 11 is 5.64. The fraction of sp³-hybridized carbons (Fsp3) is 0.462. The van der Waals surface area contributed by atoms with Gasteiger partial charge < -0.3 is 10.6 Å². The summed E-state index contributed by atoms with van der Waals surface area (Å²) in [6, 6.07) is 4.36. The van der Waals surface area contributed by atoms with Crippen LogP contribution in [0, 0.1) is 5.82 Å². The molecule has 0 heterocycles. The Kier molecular flexibility index (Phi) is 4.42. The van der Waals surface area contributed by atoms with Gasteiger partial charge in [-0.2, -0.15) is 0 Å². The molecule has 0 radical (unpaired) electrons. The molecule has 0 aromatic heterocycles. The topological polar surface area (TPSA) is 41.1 Å². The number of nitrogens with one attached hydrogen (secondary N) is 2. The molecule has 98 valence electrons. The van der Waals surface area contributed by atoms with Crippen molar-refractivity contribution in [1.82, 2.24) is 5.32 Å². The van der Waals surface area contributed by atoms with Crippen molar-refractivity contribution < 1.29 is 9.18 Å². The highest BCUT2D eigenvalue weighted by Gasteiger charge is 2.16. The largest absolute Gasteiger partial charge is 0.335 e. The van der Waals surface area contributed by atoms with Crippen molar-refractivity contribution in [2.24, 2.45) is 0 Å². The van der Waals surface area contributed by atoms with E-state index < -0.39 is 5.82 Å². The Morgan fingerprint density at radius 1 is 1.28 bits per heavy atom. The van der Waals surface area contributed by atoms with Crippen LogP contribution in [0.5, 0.6) is 0 Å². The molecule has 5 heteroatoms. The fourth-order valence-electron chi connectivity index (χ4n) is 2.19. The van der Waals surface area contributed by atoms with E-state index in [1.165, 1.54) is 18.6 Å². The second-order valence-electron chi connectivity index (χ2n) is 4.53. The number of amides is 2. The standard InChI is InChI=1S/C13H16ClFN2O/c14-10-7-4-8-11(12(10)15)17-13(18)16-9-5-2-1-3-6-9/h4,7-9H,1-3,5-6H2,(H2,16,17,18). The van der Waals surface area contributed by atoms with Crippen molar-refractivity contribution in [3.05, 3.63) is 29.0 Å². The molecular weight excluding hydrogens is 255 g/mol. The van der Waals surface area contributed by atoms with Crippen molar-refractivity contribution in [2.75, 3.05) is 5.32 Å². The third kappa shape index (κ3) is 3.35. The molecule has 1 fully saturated rings. The Hall–Kier alpha value is -1.29. The Bertz CT molecular complexity index is 433. The van der Waals surface area contributed by atoms with Crippen LogP contribution in [0.1, 0.15) is 32.1 Å². The Labute approximate surface area is 111 Å². The Morgan fingerprint density at radius 2 is 2.00 bits per heavy atom. The van der Waals surface area contributed by atoms with Crippen molar-refractivity contribution in [3.8, 4) is 0 Å². The Balaban J connectivity index is 1.92. The highest BCUT2D eigenvalue weighted by atomic mass is 35.5. The molecule has 1 aromatic rings. The van der Waals surface area contributed by atoms with Crippen LogP contribution in [-0.2, 0) is 0 Å². The molecule has 3 nitrogen and oxygen atoms in total. The number of anilines is 1. The maximum atomic E-state index is 13.6. The van der Waals surface area contributed by atoms with Gasteiger partial charge in [0.2, 0.25) is 0 Å². The molecule has 1 saturated carbocycles. The first-order chi connectivity index (χ1) is 8.66. The first-order valence-corrected chi connectivity index (χ1v) is 6.56. The van der Waals surface area contributed by atoms with E-state index in [0.717, 1.165) is 25.7 Å². The van der Waals surface area contributed by atoms with Gasteiger partial charge in [-0.05, 0) is 25.0 Å². The molecule has 0 unspecified atom stereocenters. The smallest absolute Gasteiger partial charge is 0.319 e. The lowest BCUT2D eigenvalue weighted by Crippen LogP contribution is -2.39. The predicted octanol–water partition coefficient (Wildman–Crippen LogP) is 3.93. The number of urea groups is 1. The molecule has 0 saturated heterocycles. The summed E-state index contributed by atoms with van der Waals surface area (Å²) in [7, 11) is 0. The summed E-state index contributed by atoms with van der Waals surface area (Å²) in [5.41, 5.74) is 0.107. The zero-order chi connectivity index (χ0) is 13.0. The summed E-state index contributed by atoms with van der Waals surface area (Å²) in [5.74, 6) is -0.599. The number of hydrogen-bond donors (Lipinski definition) is 2. The van der Waals surface area contributed by atoms with Crippen molar-refractivity contribution in [2.45, 2.75) is 38.1 Å². The van der Waals surface area contributed by atoms with Crippen LogP contribution in [-0.4, -0.2) is 12.1 Å². The van der Waals surface area contributed by atoms with Crippen molar-refractivity contribution >= 4 is 23.3 Å². The molecule has 0 bridgehead atoms. The van der Waals surface area contributed by atoms with Crippen molar-refractivity contribution in [1.29, 1.82) is 0 Å². The molecule has 0 aliphatic heterocycles. The molecule has 2 N–H and O–H groups in total. The van der Waals surface area contributed by atoms with Gasteiger partial charge in [0.15, 0.2) is 5.82 Å². The normalized spacial score (nSPS) is 16.3. The van der Waals surface area contributed by atoms with Gasteiger partial charge in [-0.25, -0.2) is 9.18 Å². The predicted molar refractivity (Wildman–Crippen MR) is 70.4 cm³/mol. The number of rotatable bonds is 2. The minimum Gasteiger partial charge on any atom is -0.335 e. The molecule has 1 aliphatic rings. The SMILES string of the molecule is O=C(Nc1cccc(Cl)c1F)NC1CCCCC1. The summed E-state index contributed by atoms with van der Waals surface area (Å²) < 4.78 is 13.6. The maximum Gasteiger partial charge on any atom is 0.319 e. The second-order valence-corrected chi connectivity index (χ2v) is 4.94. The van der Waals surface area contributed by atoms with Gasteiger partial charge in [-0.1, -0.05) is 36.9 Å². The minimum atomic E-state index is -0.599. The molecule has 2 rings (SSSR count). The van der Waals surface area contributed by atoms with Gasteiger partial charge in [0, 0.05) is 6.04 Å². The van der Waals surface area contributed by atoms with E-state index in [4.69, 9.17) is 11.6 Å². The van der Waals surface area contributed by atoms with Crippen LogP contribution in [0.15, 0.2) is 18.2 Å². The quantitative estimate of drug-likeness (QED) is 0.840. The first kappa shape index (κ1) is 13.1. The summed E-state index contributed by atoms with van der Waals surface area (Å²) in [4.78, 5) is 11.7. The van der Waals surface area contributed by atoms with E-state index in [2.05, 4.69) is 10.6 Å². The number of hydrogen-bond acceptors (Lipinski definition) is 1. The number of halogens is 2.